The van der Waals surface area contributed by atoms with Crippen LogP contribution in [0.2, 0.25) is 5.02 Å². The van der Waals surface area contributed by atoms with Gasteiger partial charge in [0.05, 0.1) is 0 Å². The van der Waals surface area contributed by atoms with E-state index in [9.17, 15) is 0 Å². The van der Waals surface area contributed by atoms with Crippen LogP contribution in [0.25, 0.3) is 0 Å². The Kier molecular flexibility index (Phi) is 6.58. The van der Waals surface area contributed by atoms with E-state index in [1.54, 1.807) is 0 Å². The van der Waals surface area contributed by atoms with E-state index in [4.69, 9.17) is 11.6 Å². The zero-order valence-corrected chi connectivity index (χ0v) is 15.6. The van der Waals surface area contributed by atoms with E-state index in [0.717, 1.165) is 10.4 Å². The number of rotatable bonds is 5. The quantitative estimate of drug-likeness (QED) is 0.448. The first-order valence-electron chi connectivity index (χ1n) is 8.08. The van der Waals surface area contributed by atoms with Crippen molar-refractivity contribution in [3.8, 4) is 0 Å². The minimum Gasteiger partial charge on any atom is -0.299 e. The summed E-state index contributed by atoms with van der Waals surface area (Å²) in [6.45, 7) is 3.46. The van der Waals surface area contributed by atoms with Crippen LogP contribution in [-0.2, 0) is 0 Å². The summed E-state index contributed by atoms with van der Waals surface area (Å²) in [7, 11) is 2.26. The largest absolute Gasteiger partial charge is 0.299 e. The van der Waals surface area contributed by atoms with Gasteiger partial charge in [0.2, 0.25) is 0 Å². The van der Waals surface area contributed by atoms with Crippen molar-refractivity contribution < 1.29 is 0 Å². The monoisotopic (exact) mass is 371 g/mol. The van der Waals surface area contributed by atoms with Crippen LogP contribution in [-0.4, -0.2) is 23.8 Å². The van der Waals surface area contributed by atoms with E-state index in [2.05, 4.69) is 46.9 Å². The molecule has 0 heterocycles. The first-order chi connectivity index (χ1) is 10.1. The first kappa shape index (κ1) is 17.3. The maximum absolute atomic E-state index is 5.99. The highest BCUT2D eigenvalue weighted by atomic mass is 79.9. The summed E-state index contributed by atoms with van der Waals surface area (Å²) in [5.74, 6) is 0. The van der Waals surface area contributed by atoms with Gasteiger partial charge in [-0.15, -0.1) is 0 Å². The SMILES string of the molecule is CC(c1ccc(Cl)cc1)N(C)CC1(CBr)CCCCCC1. The number of hydrogen-bond donors (Lipinski definition) is 0. The number of halogens is 2. The Morgan fingerprint density at radius 3 is 2.24 bits per heavy atom. The molecule has 118 valence electrons. The second kappa shape index (κ2) is 7.99. The van der Waals surface area contributed by atoms with E-state index in [0.29, 0.717) is 11.5 Å². The molecule has 21 heavy (non-hydrogen) atoms. The summed E-state index contributed by atoms with van der Waals surface area (Å²) >= 11 is 9.80. The molecule has 2 rings (SSSR count). The lowest BCUT2D eigenvalue weighted by molar-refractivity contribution is 0.144. The van der Waals surface area contributed by atoms with Gasteiger partial charge in [-0.2, -0.15) is 0 Å². The highest BCUT2D eigenvalue weighted by Crippen LogP contribution is 2.38. The Morgan fingerprint density at radius 1 is 1.14 bits per heavy atom. The number of nitrogens with zero attached hydrogens (tertiary/aromatic N) is 1. The molecular formula is C18H27BrClN. The Balaban J connectivity index is 2.04. The Bertz CT molecular complexity index is 423. The lowest BCUT2D eigenvalue weighted by atomic mass is 9.81. The van der Waals surface area contributed by atoms with Gasteiger partial charge in [0, 0.05) is 22.9 Å². The van der Waals surface area contributed by atoms with Crippen LogP contribution < -0.4 is 0 Å². The second-order valence-corrected chi connectivity index (χ2v) is 7.69. The molecule has 1 aliphatic carbocycles. The zero-order chi connectivity index (χ0) is 15.3. The van der Waals surface area contributed by atoms with Crippen LogP contribution in [0.4, 0.5) is 0 Å². The Labute approximate surface area is 143 Å². The minimum atomic E-state index is 0.432. The molecule has 1 saturated carbocycles. The molecule has 0 N–H and O–H groups in total. The molecule has 1 aromatic rings. The number of alkyl halides is 1. The van der Waals surface area contributed by atoms with Crippen LogP contribution in [0.3, 0.4) is 0 Å². The van der Waals surface area contributed by atoms with Gasteiger partial charge in [-0.1, -0.05) is 65.3 Å². The summed E-state index contributed by atoms with van der Waals surface area (Å²) in [6, 6.07) is 8.72. The van der Waals surface area contributed by atoms with Gasteiger partial charge in [0.15, 0.2) is 0 Å². The van der Waals surface area contributed by atoms with Crippen molar-refractivity contribution in [2.24, 2.45) is 5.41 Å². The summed E-state index contributed by atoms with van der Waals surface area (Å²) in [5, 5.41) is 1.94. The Morgan fingerprint density at radius 2 is 1.71 bits per heavy atom. The standard InChI is InChI=1S/C18H27BrClN/c1-15(16-7-9-17(20)10-8-16)21(2)14-18(13-19)11-5-3-4-6-12-18/h7-10,15H,3-6,11-14H2,1-2H3. The third-order valence-electron chi connectivity index (χ3n) is 5.05. The lowest BCUT2D eigenvalue weighted by Gasteiger charge is -2.38. The first-order valence-corrected chi connectivity index (χ1v) is 9.58. The average molecular weight is 373 g/mol. The fourth-order valence-corrected chi connectivity index (χ4v) is 4.34. The van der Waals surface area contributed by atoms with Gasteiger partial charge < -0.3 is 0 Å². The van der Waals surface area contributed by atoms with Crippen molar-refractivity contribution in [3.05, 3.63) is 34.9 Å². The van der Waals surface area contributed by atoms with Crippen LogP contribution in [0.5, 0.6) is 0 Å². The van der Waals surface area contributed by atoms with E-state index < -0.39 is 0 Å². The maximum atomic E-state index is 5.99. The minimum absolute atomic E-state index is 0.432. The van der Waals surface area contributed by atoms with Crippen molar-refractivity contribution in [2.75, 3.05) is 18.9 Å². The van der Waals surface area contributed by atoms with Crippen LogP contribution in [0.15, 0.2) is 24.3 Å². The molecule has 1 aliphatic rings. The lowest BCUT2D eigenvalue weighted by Crippen LogP contribution is -2.38. The summed E-state index contributed by atoms with van der Waals surface area (Å²) in [6.07, 6.45) is 8.30. The van der Waals surface area contributed by atoms with Gasteiger partial charge in [0.1, 0.15) is 0 Å². The molecule has 0 amide bonds. The van der Waals surface area contributed by atoms with Gasteiger partial charge in [-0.25, -0.2) is 0 Å². The van der Waals surface area contributed by atoms with Gasteiger partial charge >= 0.3 is 0 Å². The fourth-order valence-electron chi connectivity index (χ4n) is 3.47. The normalized spacial score (nSPS) is 20.2. The van der Waals surface area contributed by atoms with Crippen molar-refractivity contribution >= 4 is 27.5 Å². The smallest absolute Gasteiger partial charge is 0.0406 e. The van der Waals surface area contributed by atoms with E-state index in [-0.39, 0.29) is 0 Å². The summed E-state index contributed by atoms with van der Waals surface area (Å²) < 4.78 is 0. The molecule has 0 radical (unpaired) electrons. The molecular weight excluding hydrogens is 346 g/mol. The molecule has 1 aromatic carbocycles. The molecule has 0 spiro atoms. The predicted molar refractivity (Wildman–Crippen MR) is 96.4 cm³/mol. The topological polar surface area (TPSA) is 3.24 Å². The van der Waals surface area contributed by atoms with Crippen molar-refractivity contribution in [1.82, 2.24) is 4.90 Å². The van der Waals surface area contributed by atoms with Crippen molar-refractivity contribution in [3.63, 3.8) is 0 Å². The molecule has 0 saturated heterocycles. The third-order valence-corrected chi connectivity index (χ3v) is 6.49. The van der Waals surface area contributed by atoms with Crippen LogP contribution >= 0.6 is 27.5 Å². The molecule has 1 unspecified atom stereocenters. The average Bonchev–Trinajstić information content (AvgIpc) is 2.73. The van der Waals surface area contributed by atoms with Crippen molar-refractivity contribution in [1.29, 1.82) is 0 Å². The van der Waals surface area contributed by atoms with Gasteiger partial charge in [-0.3, -0.25) is 4.90 Å². The van der Waals surface area contributed by atoms with Crippen LogP contribution in [0.1, 0.15) is 57.1 Å². The molecule has 0 aromatic heterocycles. The van der Waals surface area contributed by atoms with Crippen molar-refractivity contribution in [2.45, 2.75) is 51.5 Å². The molecule has 1 nitrogen and oxygen atoms in total. The third kappa shape index (κ3) is 4.71. The number of benzene rings is 1. The second-order valence-electron chi connectivity index (χ2n) is 6.69. The molecule has 1 fully saturated rings. The zero-order valence-electron chi connectivity index (χ0n) is 13.2. The number of hydrogen-bond acceptors (Lipinski definition) is 1. The van der Waals surface area contributed by atoms with E-state index >= 15 is 0 Å². The molecule has 1 atom stereocenters. The highest BCUT2D eigenvalue weighted by molar-refractivity contribution is 9.09. The Hall–Kier alpha value is -0.0500. The fraction of sp³-hybridized carbons (Fsp3) is 0.667. The van der Waals surface area contributed by atoms with E-state index in [1.165, 1.54) is 50.6 Å². The maximum Gasteiger partial charge on any atom is 0.0406 e. The van der Waals surface area contributed by atoms with Gasteiger partial charge in [-0.05, 0) is 49.9 Å². The molecule has 0 aliphatic heterocycles. The summed E-state index contributed by atoms with van der Waals surface area (Å²) in [4.78, 5) is 2.51. The molecule has 3 heteroatoms. The predicted octanol–water partition coefficient (Wildman–Crippen LogP) is 6.07. The van der Waals surface area contributed by atoms with Crippen LogP contribution in [0, 0.1) is 5.41 Å². The van der Waals surface area contributed by atoms with Gasteiger partial charge in [0.25, 0.3) is 0 Å². The molecule has 0 bridgehead atoms. The van der Waals surface area contributed by atoms with E-state index in [1.807, 2.05) is 12.1 Å². The summed E-state index contributed by atoms with van der Waals surface area (Å²) in [5.41, 5.74) is 1.80. The highest BCUT2D eigenvalue weighted by Gasteiger charge is 2.32.